The second-order valence-corrected chi connectivity index (χ2v) is 9.79. The van der Waals surface area contributed by atoms with Crippen molar-refractivity contribution in [3.05, 3.63) is 36.4 Å². The van der Waals surface area contributed by atoms with Gasteiger partial charge in [-0.05, 0) is 29.8 Å². The lowest BCUT2D eigenvalue weighted by atomic mass is 10.2. The van der Waals surface area contributed by atoms with Crippen molar-refractivity contribution in [1.82, 2.24) is 0 Å². The maximum Gasteiger partial charge on any atom is 0.171 e. The summed E-state index contributed by atoms with van der Waals surface area (Å²) in [5.41, 5.74) is 2.54. The van der Waals surface area contributed by atoms with Crippen LogP contribution in [0.5, 0.6) is 0 Å². The fourth-order valence-electron chi connectivity index (χ4n) is 2.14. The molecule has 0 saturated carbocycles. The standard InChI is InChI=1S/C17H18N2O2P2S2/c1-3-17(21)23-18-12-6-4-11(5-7-12)13-8-14-15(24-13)9-16(25-14)19-22-10(2)20/h4-9,18-19,22-23H,3H2,1-2H3. The van der Waals surface area contributed by atoms with Gasteiger partial charge in [0, 0.05) is 50.8 Å². The number of nitrogens with one attached hydrogen (secondary N) is 2. The Morgan fingerprint density at radius 2 is 1.72 bits per heavy atom. The highest BCUT2D eigenvalue weighted by atomic mass is 32.1. The molecule has 4 nitrogen and oxygen atoms in total. The van der Waals surface area contributed by atoms with Crippen LogP contribution < -0.4 is 10.2 Å². The molecule has 130 valence electrons. The minimum absolute atomic E-state index is 0.125. The number of hydrogen-bond donors (Lipinski definition) is 2. The van der Waals surface area contributed by atoms with Crippen molar-refractivity contribution in [2.45, 2.75) is 20.3 Å². The molecule has 2 N–H and O–H groups in total. The number of carbonyl (C=O) groups is 2. The lowest BCUT2D eigenvalue weighted by molar-refractivity contribution is -0.111. The molecule has 3 rings (SSSR count). The Labute approximate surface area is 158 Å². The molecule has 2 heterocycles. The van der Waals surface area contributed by atoms with E-state index in [2.05, 4.69) is 34.4 Å². The largest absolute Gasteiger partial charge is 0.361 e. The first-order chi connectivity index (χ1) is 12.0. The van der Waals surface area contributed by atoms with E-state index in [4.69, 9.17) is 0 Å². The van der Waals surface area contributed by atoms with E-state index in [9.17, 15) is 9.59 Å². The molecule has 0 bridgehead atoms. The van der Waals surface area contributed by atoms with Gasteiger partial charge in [0.15, 0.2) is 11.0 Å². The van der Waals surface area contributed by atoms with Crippen LogP contribution in [-0.4, -0.2) is 11.0 Å². The summed E-state index contributed by atoms with van der Waals surface area (Å²) in [6, 6.07) is 12.5. The number of hydrogen-bond acceptors (Lipinski definition) is 6. The number of rotatable bonds is 8. The molecule has 2 unspecified atom stereocenters. The van der Waals surface area contributed by atoms with E-state index in [0.29, 0.717) is 6.42 Å². The molecular formula is C17H18N2O2P2S2. The van der Waals surface area contributed by atoms with Gasteiger partial charge in [0.25, 0.3) is 0 Å². The molecule has 0 aliphatic carbocycles. The summed E-state index contributed by atoms with van der Waals surface area (Å²) in [5.74, 6) is 0. The zero-order chi connectivity index (χ0) is 17.8. The SMILES string of the molecule is CCC(=O)PNc1ccc(-c2cc3sc(NPC(C)=O)cc3s2)cc1. The molecule has 0 saturated heterocycles. The Morgan fingerprint density at radius 3 is 2.36 bits per heavy atom. The van der Waals surface area contributed by atoms with E-state index in [1.165, 1.54) is 19.8 Å². The third kappa shape index (κ3) is 4.86. The highest BCUT2D eigenvalue weighted by Crippen LogP contribution is 2.41. The molecule has 0 aliphatic heterocycles. The quantitative estimate of drug-likeness (QED) is 0.441. The van der Waals surface area contributed by atoms with Gasteiger partial charge in [0.2, 0.25) is 0 Å². The fraction of sp³-hybridized carbons (Fsp3) is 0.176. The molecule has 0 spiro atoms. The van der Waals surface area contributed by atoms with Crippen LogP contribution in [0.3, 0.4) is 0 Å². The predicted molar refractivity (Wildman–Crippen MR) is 115 cm³/mol. The van der Waals surface area contributed by atoms with Crippen LogP contribution in [0, 0.1) is 0 Å². The van der Waals surface area contributed by atoms with Crippen LogP contribution in [0.15, 0.2) is 36.4 Å². The van der Waals surface area contributed by atoms with Crippen molar-refractivity contribution in [2.75, 3.05) is 10.2 Å². The highest BCUT2D eigenvalue weighted by molar-refractivity contribution is 7.59. The van der Waals surface area contributed by atoms with Crippen LogP contribution >= 0.6 is 40.1 Å². The number of benzene rings is 1. The molecule has 3 aromatic rings. The first kappa shape index (κ1) is 18.5. The second-order valence-electron chi connectivity index (χ2n) is 5.36. The highest BCUT2D eigenvalue weighted by Gasteiger charge is 2.09. The summed E-state index contributed by atoms with van der Waals surface area (Å²) in [6.45, 7) is 3.47. The van der Waals surface area contributed by atoms with E-state index < -0.39 is 0 Å². The van der Waals surface area contributed by atoms with E-state index in [1.54, 1.807) is 29.6 Å². The maximum atomic E-state index is 11.4. The van der Waals surface area contributed by atoms with Gasteiger partial charge >= 0.3 is 0 Å². The molecule has 2 atom stereocenters. The third-order valence-corrected chi connectivity index (χ3v) is 7.64. The van der Waals surface area contributed by atoms with Crippen molar-refractivity contribution in [3.8, 4) is 10.4 Å². The van der Waals surface area contributed by atoms with Gasteiger partial charge in [-0.3, -0.25) is 9.59 Å². The van der Waals surface area contributed by atoms with Crippen molar-refractivity contribution in [1.29, 1.82) is 0 Å². The summed E-state index contributed by atoms with van der Waals surface area (Å²) >= 11 is 3.43. The van der Waals surface area contributed by atoms with E-state index in [-0.39, 0.29) is 28.5 Å². The zero-order valence-electron chi connectivity index (χ0n) is 13.8. The molecule has 1 aromatic carbocycles. The average molecular weight is 408 g/mol. The number of anilines is 2. The topological polar surface area (TPSA) is 58.2 Å². The first-order valence-corrected chi connectivity index (χ1v) is 11.4. The van der Waals surface area contributed by atoms with Crippen LogP contribution in [-0.2, 0) is 9.59 Å². The molecule has 0 radical (unpaired) electrons. The summed E-state index contributed by atoms with van der Waals surface area (Å²) in [5, 5.41) is 7.40. The Hall–Kier alpha value is -1.32. The summed E-state index contributed by atoms with van der Waals surface area (Å²) in [4.78, 5) is 23.7. The fourth-order valence-corrected chi connectivity index (χ4v) is 5.65. The van der Waals surface area contributed by atoms with Gasteiger partial charge in [-0.15, -0.1) is 22.7 Å². The van der Waals surface area contributed by atoms with Crippen LogP contribution in [0.25, 0.3) is 19.8 Å². The summed E-state index contributed by atoms with van der Waals surface area (Å²) in [6.07, 6.45) is 0.569. The Balaban J connectivity index is 1.70. The van der Waals surface area contributed by atoms with E-state index in [0.717, 1.165) is 10.7 Å². The first-order valence-electron chi connectivity index (χ1n) is 7.76. The molecule has 0 fully saturated rings. The molecule has 0 aliphatic rings. The van der Waals surface area contributed by atoms with Crippen LogP contribution in [0.1, 0.15) is 20.3 Å². The zero-order valence-corrected chi connectivity index (χ0v) is 17.4. The van der Waals surface area contributed by atoms with Gasteiger partial charge in [0.05, 0.1) is 5.00 Å². The van der Waals surface area contributed by atoms with Gasteiger partial charge in [-0.25, -0.2) is 0 Å². The molecule has 25 heavy (non-hydrogen) atoms. The molecule has 0 amide bonds. The van der Waals surface area contributed by atoms with E-state index >= 15 is 0 Å². The summed E-state index contributed by atoms with van der Waals surface area (Å²) < 4.78 is 2.46. The van der Waals surface area contributed by atoms with Gasteiger partial charge in [0.1, 0.15) is 0 Å². The molecule has 2 aromatic heterocycles. The number of thiophene rings is 2. The monoisotopic (exact) mass is 408 g/mol. The van der Waals surface area contributed by atoms with Crippen LogP contribution in [0.4, 0.5) is 10.7 Å². The Bertz CT molecular complexity index is 872. The van der Waals surface area contributed by atoms with E-state index in [1.807, 2.05) is 19.1 Å². The summed E-state index contributed by atoms with van der Waals surface area (Å²) in [7, 11) is 0.251. The van der Waals surface area contributed by atoms with Crippen molar-refractivity contribution < 1.29 is 9.59 Å². The van der Waals surface area contributed by atoms with Crippen LogP contribution in [0.2, 0.25) is 0 Å². The second kappa shape index (κ2) is 8.37. The van der Waals surface area contributed by atoms with Crippen molar-refractivity contribution in [2.24, 2.45) is 0 Å². The maximum absolute atomic E-state index is 11.4. The minimum Gasteiger partial charge on any atom is -0.361 e. The molecule has 8 heteroatoms. The van der Waals surface area contributed by atoms with Crippen molar-refractivity contribution >= 4 is 71.3 Å². The molecular weight excluding hydrogens is 390 g/mol. The predicted octanol–water partition coefficient (Wildman–Crippen LogP) is 6.12. The van der Waals surface area contributed by atoms with Gasteiger partial charge in [-0.1, -0.05) is 19.1 Å². The number of carbonyl (C=O) groups excluding carboxylic acids is 2. The number of fused-ring (bicyclic) bond motifs is 1. The average Bonchev–Trinajstić information content (AvgIpc) is 3.17. The Morgan fingerprint density at radius 1 is 1.00 bits per heavy atom. The normalized spacial score (nSPS) is 11.8. The minimum atomic E-state index is 0.125. The van der Waals surface area contributed by atoms with Gasteiger partial charge < -0.3 is 10.2 Å². The lowest BCUT2D eigenvalue weighted by Gasteiger charge is -2.05. The Kier molecular flexibility index (Phi) is 6.19. The van der Waals surface area contributed by atoms with Gasteiger partial charge in [-0.2, -0.15) is 0 Å². The lowest BCUT2D eigenvalue weighted by Crippen LogP contribution is -1.91. The van der Waals surface area contributed by atoms with Crippen molar-refractivity contribution in [3.63, 3.8) is 0 Å². The third-order valence-electron chi connectivity index (χ3n) is 3.41. The smallest absolute Gasteiger partial charge is 0.171 e.